The highest BCUT2D eigenvalue weighted by atomic mass is 32.1. The molecule has 1 heterocycles. The minimum Gasteiger partial charge on any atom is -0.426 e. The van der Waals surface area contributed by atoms with Crippen LogP contribution in [0, 0.1) is 6.92 Å². The van der Waals surface area contributed by atoms with E-state index in [4.69, 9.17) is 4.74 Å². The predicted molar refractivity (Wildman–Crippen MR) is 99.2 cm³/mol. The van der Waals surface area contributed by atoms with E-state index in [0.29, 0.717) is 16.3 Å². The summed E-state index contributed by atoms with van der Waals surface area (Å²) in [5.74, 6) is -0.0170. The molecule has 0 aliphatic rings. The number of hydrogen-bond donors (Lipinski definition) is 1. The highest BCUT2D eigenvalue weighted by Crippen LogP contribution is 2.18. The number of amides is 1. The van der Waals surface area contributed by atoms with Crippen LogP contribution in [0.2, 0.25) is 0 Å². The summed E-state index contributed by atoms with van der Waals surface area (Å²) in [5, 5.41) is 4.66. The molecular formula is C20H17NO3S. The third-order valence-electron chi connectivity index (χ3n) is 3.68. The molecule has 0 spiro atoms. The predicted octanol–water partition coefficient (Wildman–Crippen LogP) is 4.46. The maximum absolute atomic E-state index is 12.1. The zero-order valence-corrected chi connectivity index (χ0v) is 14.5. The second-order valence-corrected chi connectivity index (χ2v) is 6.48. The molecule has 0 saturated heterocycles. The van der Waals surface area contributed by atoms with Crippen molar-refractivity contribution in [3.05, 3.63) is 82.0 Å². The summed E-state index contributed by atoms with van der Waals surface area (Å²) < 4.78 is 5.36. The number of ether oxygens (including phenoxy) is 1. The van der Waals surface area contributed by atoms with E-state index in [9.17, 15) is 9.59 Å². The SMILES string of the molecule is Cc1ccccc1CC(=O)Oc1ccc(NC(=O)c2cccs2)cc1. The van der Waals surface area contributed by atoms with E-state index in [1.165, 1.54) is 11.3 Å². The Morgan fingerprint density at radius 2 is 1.76 bits per heavy atom. The summed E-state index contributed by atoms with van der Waals surface area (Å²) >= 11 is 1.38. The van der Waals surface area contributed by atoms with Crippen LogP contribution in [-0.2, 0) is 11.2 Å². The van der Waals surface area contributed by atoms with Crippen LogP contribution >= 0.6 is 11.3 Å². The molecule has 3 rings (SSSR count). The molecule has 4 nitrogen and oxygen atoms in total. The lowest BCUT2D eigenvalue weighted by molar-refractivity contribution is -0.133. The Morgan fingerprint density at radius 1 is 1.00 bits per heavy atom. The van der Waals surface area contributed by atoms with Gasteiger partial charge in [-0.1, -0.05) is 30.3 Å². The van der Waals surface area contributed by atoms with Crippen LogP contribution in [0.5, 0.6) is 5.75 Å². The van der Waals surface area contributed by atoms with Crippen molar-refractivity contribution in [2.24, 2.45) is 0 Å². The fraction of sp³-hybridized carbons (Fsp3) is 0.100. The van der Waals surface area contributed by atoms with Crippen LogP contribution in [0.4, 0.5) is 5.69 Å². The largest absolute Gasteiger partial charge is 0.426 e. The number of benzene rings is 2. The Balaban J connectivity index is 1.58. The van der Waals surface area contributed by atoms with Crippen molar-refractivity contribution in [2.75, 3.05) is 5.32 Å². The highest BCUT2D eigenvalue weighted by Gasteiger charge is 2.10. The molecule has 0 bridgehead atoms. The van der Waals surface area contributed by atoms with Gasteiger partial charge in [0, 0.05) is 5.69 Å². The zero-order valence-electron chi connectivity index (χ0n) is 13.7. The van der Waals surface area contributed by atoms with Gasteiger partial charge in [-0.25, -0.2) is 0 Å². The molecule has 0 saturated carbocycles. The Morgan fingerprint density at radius 3 is 2.44 bits per heavy atom. The van der Waals surface area contributed by atoms with Crippen molar-refractivity contribution in [1.29, 1.82) is 0 Å². The maximum Gasteiger partial charge on any atom is 0.315 e. The number of carbonyl (C=O) groups is 2. The second-order valence-electron chi connectivity index (χ2n) is 5.53. The molecule has 3 aromatic rings. The van der Waals surface area contributed by atoms with E-state index in [1.54, 1.807) is 30.3 Å². The average Bonchev–Trinajstić information content (AvgIpc) is 3.13. The van der Waals surface area contributed by atoms with Gasteiger partial charge in [-0.15, -0.1) is 11.3 Å². The van der Waals surface area contributed by atoms with Gasteiger partial charge in [0.25, 0.3) is 5.91 Å². The van der Waals surface area contributed by atoms with Gasteiger partial charge in [-0.3, -0.25) is 9.59 Å². The van der Waals surface area contributed by atoms with Crippen molar-refractivity contribution < 1.29 is 14.3 Å². The molecule has 0 atom stereocenters. The number of nitrogens with one attached hydrogen (secondary N) is 1. The molecular weight excluding hydrogens is 334 g/mol. The van der Waals surface area contributed by atoms with Gasteiger partial charge in [0.05, 0.1) is 11.3 Å². The van der Waals surface area contributed by atoms with Gasteiger partial charge < -0.3 is 10.1 Å². The molecule has 1 aromatic heterocycles. The average molecular weight is 351 g/mol. The lowest BCUT2D eigenvalue weighted by Crippen LogP contribution is -2.12. The number of carbonyl (C=O) groups excluding carboxylic acids is 2. The lowest BCUT2D eigenvalue weighted by atomic mass is 10.1. The number of anilines is 1. The van der Waals surface area contributed by atoms with Gasteiger partial charge in [-0.2, -0.15) is 0 Å². The normalized spacial score (nSPS) is 10.3. The van der Waals surface area contributed by atoms with E-state index in [1.807, 2.05) is 42.6 Å². The first-order valence-corrected chi connectivity index (χ1v) is 8.70. The molecule has 0 radical (unpaired) electrons. The molecule has 1 N–H and O–H groups in total. The summed E-state index contributed by atoms with van der Waals surface area (Å²) in [6, 6.07) is 18.1. The van der Waals surface area contributed by atoms with E-state index in [-0.39, 0.29) is 18.3 Å². The van der Waals surface area contributed by atoms with E-state index < -0.39 is 0 Å². The maximum atomic E-state index is 12.1. The summed E-state index contributed by atoms with van der Waals surface area (Å²) in [4.78, 5) is 24.7. The Bertz CT molecular complexity index is 870. The van der Waals surface area contributed by atoms with Crippen LogP contribution in [0.15, 0.2) is 66.0 Å². The first-order chi connectivity index (χ1) is 12.1. The quantitative estimate of drug-likeness (QED) is 0.545. The van der Waals surface area contributed by atoms with E-state index in [0.717, 1.165) is 11.1 Å². The van der Waals surface area contributed by atoms with Gasteiger partial charge in [-0.05, 0) is 53.8 Å². The number of thiophene rings is 1. The van der Waals surface area contributed by atoms with Crippen LogP contribution in [0.3, 0.4) is 0 Å². The standard InChI is InChI=1S/C20H17NO3S/c1-14-5-2-3-6-15(14)13-19(22)24-17-10-8-16(9-11-17)21-20(23)18-7-4-12-25-18/h2-12H,13H2,1H3,(H,21,23). The first-order valence-electron chi connectivity index (χ1n) is 7.82. The van der Waals surface area contributed by atoms with Crippen molar-refractivity contribution in [3.8, 4) is 5.75 Å². The molecule has 0 aliphatic carbocycles. The minimum atomic E-state index is -0.315. The fourth-order valence-electron chi connectivity index (χ4n) is 2.34. The fourth-order valence-corrected chi connectivity index (χ4v) is 2.96. The molecule has 25 heavy (non-hydrogen) atoms. The number of hydrogen-bond acceptors (Lipinski definition) is 4. The summed E-state index contributed by atoms with van der Waals surface area (Å²) in [6.45, 7) is 1.97. The molecule has 0 aliphatic heterocycles. The summed E-state index contributed by atoms with van der Waals surface area (Å²) in [5.41, 5.74) is 2.66. The summed E-state index contributed by atoms with van der Waals surface area (Å²) in [6.07, 6.45) is 0.226. The smallest absolute Gasteiger partial charge is 0.315 e. The van der Waals surface area contributed by atoms with Crippen molar-refractivity contribution >= 4 is 28.9 Å². The number of rotatable bonds is 5. The Kier molecular flexibility index (Phi) is 5.26. The third-order valence-corrected chi connectivity index (χ3v) is 4.55. The molecule has 126 valence electrons. The van der Waals surface area contributed by atoms with E-state index >= 15 is 0 Å². The van der Waals surface area contributed by atoms with Gasteiger partial charge in [0.2, 0.25) is 0 Å². The van der Waals surface area contributed by atoms with Crippen molar-refractivity contribution in [3.63, 3.8) is 0 Å². The topological polar surface area (TPSA) is 55.4 Å². The summed E-state index contributed by atoms with van der Waals surface area (Å²) in [7, 11) is 0. The van der Waals surface area contributed by atoms with Crippen LogP contribution in [0.1, 0.15) is 20.8 Å². The van der Waals surface area contributed by atoms with Crippen LogP contribution in [0.25, 0.3) is 0 Å². The van der Waals surface area contributed by atoms with Crippen LogP contribution in [-0.4, -0.2) is 11.9 Å². The molecule has 2 aromatic carbocycles. The molecule has 5 heteroatoms. The highest BCUT2D eigenvalue weighted by molar-refractivity contribution is 7.12. The Labute approximate surface area is 150 Å². The first kappa shape index (κ1) is 16.9. The second kappa shape index (κ2) is 7.77. The minimum absolute atomic E-state index is 0.153. The molecule has 0 unspecified atom stereocenters. The number of aryl methyl sites for hydroxylation is 1. The molecule has 0 fully saturated rings. The van der Waals surface area contributed by atoms with Gasteiger partial charge in [0.15, 0.2) is 0 Å². The zero-order chi connectivity index (χ0) is 17.6. The monoisotopic (exact) mass is 351 g/mol. The van der Waals surface area contributed by atoms with Gasteiger partial charge in [0.1, 0.15) is 5.75 Å². The van der Waals surface area contributed by atoms with Crippen LogP contribution < -0.4 is 10.1 Å². The van der Waals surface area contributed by atoms with Crippen molar-refractivity contribution in [2.45, 2.75) is 13.3 Å². The Hall–Kier alpha value is -2.92. The van der Waals surface area contributed by atoms with E-state index in [2.05, 4.69) is 5.32 Å². The third kappa shape index (κ3) is 4.55. The molecule has 1 amide bonds. The lowest BCUT2D eigenvalue weighted by Gasteiger charge is -2.08. The van der Waals surface area contributed by atoms with Crippen molar-refractivity contribution in [1.82, 2.24) is 0 Å². The number of esters is 1. The van der Waals surface area contributed by atoms with Gasteiger partial charge >= 0.3 is 5.97 Å².